The molecule has 1 aromatic rings. The zero-order valence-corrected chi connectivity index (χ0v) is 11.7. The van der Waals surface area contributed by atoms with Crippen LogP contribution in [0.15, 0.2) is 12.5 Å². The van der Waals surface area contributed by atoms with Crippen LogP contribution in [0.3, 0.4) is 0 Å². The van der Waals surface area contributed by atoms with Gasteiger partial charge >= 0.3 is 11.8 Å². The third-order valence-corrected chi connectivity index (χ3v) is 3.03. The Morgan fingerprint density at radius 1 is 1.57 bits per heavy atom. The number of hydrogen-bond acceptors (Lipinski definition) is 5. The van der Waals surface area contributed by atoms with E-state index in [0.717, 1.165) is 0 Å². The molecule has 1 heterocycles. The molecule has 1 amide bonds. The molecule has 0 bridgehead atoms. The number of carboxylic acid groups (broad SMARTS) is 1. The molecule has 0 aromatic carbocycles. The van der Waals surface area contributed by atoms with Gasteiger partial charge in [0.2, 0.25) is 12.2 Å². The van der Waals surface area contributed by atoms with E-state index < -0.39 is 10.9 Å². The maximum atomic E-state index is 11.6. The van der Waals surface area contributed by atoms with Gasteiger partial charge in [-0.05, 0) is 15.8 Å². The van der Waals surface area contributed by atoms with Crippen molar-refractivity contribution in [1.29, 1.82) is 0 Å². The van der Waals surface area contributed by atoms with Crippen LogP contribution in [0.4, 0.5) is 5.82 Å². The normalized spacial score (nSPS) is 11.9. The average Bonchev–Trinajstić information content (AvgIpc) is 2.89. The minimum absolute atomic E-state index is 0.0183. The molecule has 9 nitrogen and oxygen atoms in total. The second kappa shape index (κ2) is 7.98. The summed E-state index contributed by atoms with van der Waals surface area (Å²) in [5.41, 5.74) is 0. The Balaban J connectivity index is 2.33. The Morgan fingerprint density at radius 3 is 2.81 bits per heavy atom. The molecule has 2 N–H and O–H groups in total. The molecule has 1 atom stereocenters. The third-order valence-electron chi connectivity index (χ3n) is 3.03. The number of aromatic nitrogens is 2. The van der Waals surface area contributed by atoms with Gasteiger partial charge in [0, 0.05) is 25.9 Å². The zero-order chi connectivity index (χ0) is 15.8. The predicted octanol–water partition coefficient (Wildman–Crippen LogP) is 0.798. The van der Waals surface area contributed by atoms with Crippen LogP contribution in [-0.2, 0) is 16.1 Å². The summed E-state index contributed by atoms with van der Waals surface area (Å²) >= 11 is 0. The maximum Gasteiger partial charge on any atom is 0.381 e. The number of hydrogen-bond donors (Lipinski definition) is 2. The van der Waals surface area contributed by atoms with Crippen molar-refractivity contribution in [2.24, 2.45) is 5.92 Å². The van der Waals surface area contributed by atoms with E-state index in [1.54, 1.807) is 0 Å². The van der Waals surface area contributed by atoms with Crippen molar-refractivity contribution in [2.45, 2.75) is 32.7 Å². The van der Waals surface area contributed by atoms with Gasteiger partial charge in [-0.15, -0.1) is 0 Å². The van der Waals surface area contributed by atoms with E-state index in [1.807, 2.05) is 6.92 Å². The van der Waals surface area contributed by atoms with Gasteiger partial charge in [-0.1, -0.05) is 13.3 Å². The summed E-state index contributed by atoms with van der Waals surface area (Å²) in [4.78, 5) is 35.7. The van der Waals surface area contributed by atoms with Gasteiger partial charge in [0.15, 0.2) is 0 Å². The first-order valence-corrected chi connectivity index (χ1v) is 6.57. The largest absolute Gasteiger partial charge is 0.481 e. The number of carbonyl (C=O) groups excluding carboxylic acids is 1. The van der Waals surface area contributed by atoms with Gasteiger partial charge < -0.3 is 25.1 Å². The number of nitrogens with zero attached hydrogens (tertiary/aromatic N) is 3. The van der Waals surface area contributed by atoms with Crippen molar-refractivity contribution >= 4 is 17.7 Å². The molecule has 116 valence electrons. The number of imidazole rings is 1. The maximum absolute atomic E-state index is 11.6. The number of aryl methyl sites for hydroxylation is 1. The van der Waals surface area contributed by atoms with E-state index >= 15 is 0 Å². The van der Waals surface area contributed by atoms with Crippen molar-refractivity contribution in [2.75, 3.05) is 6.54 Å². The van der Waals surface area contributed by atoms with Gasteiger partial charge in [0.1, 0.15) is 6.20 Å². The molecule has 1 rings (SSSR count). The molecule has 0 aliphatic heterocycles. The summed E-state index contributed by atoms with van der Waals surface area (Å²) in [5.74, 6) is -1.47. The lowest BCUT2D eigenvalue weighted by Crippen LogP contribution is -2.30. The minimum atomic E-state index is -0.887. The van der Waals surface area contributed by atoms with E-state index in [4.69, 9.17) is 5.11 Å². The molecule has 0 fully saturated rings. The first-order chi connectivity index (χ1) is 9.92. The van der Waals surface area contributed by atoms with Crippen LogP contribution in [0.25, 0.3) is 0 Å². The SMILES string of the molecule is CCC(CNC(=O)CCn1cnc([N+](=O)[O-])c1)CC(=O)O. The molecular weight excluding hydrogens is 280 g/mol. The summed E-state index contributed by atoms with van der Waals surface area (Å²) in [7, 11) is 0. The predicted molar refractivity (Wildman–Crippen MR) is 72.5 cm³/mol. The van der Waals surface area contributed by atoms with Crippen LogP contribution >= 0.6 is 0 Å². The number of nitro groups is 1. The molecule has 21 heavy (non-hydrogen) atoms. The summed E-state index contributed by atoms with van der Waals surface area (Å²) in [6.07, 6.45) is 3.39. The van der Waals surface area contributed by atoms with Gasteiger partial charge in [-0.2, -0.15) is 0 Å². The Morgan fingerprint density at radius 2 is 2.29 bits per heavy atom. The molecule has 0 spiro atoms. The fourth-order valence-corrected chi connectivity index (χ4v) is 1.75. The molecule has 0 saturated heterocycles. The second-order valence-corrected chi connectivity index (χ2v) is 4.65. The first-order valence-electron chi connectivity index (χ1n) is 6.57. The number of amides is 1. The van der Waals surface area contributed by atoms with Crippen molar-refractivity contribution in [3.05, 3.63) is 22.6 Å². The molecule has 0 aliphatic carbocycles. The van der Waals surface area contributed by atoms with Gasteiger partial charge in [0.25, 0.3) is 0 Å². The van der Waals surface area contributed by atoms with Crippen LogP contribution < -0.4 is 5.32 Å². The fourth-order valence-electron chi connectivity index (χ4n) is 1.75. The molecule has 0 aliphatic rings. The Labute approximate surface area is 121 Å². The van der Waals surface area contributed by atoms with E-state index in [0.29, 0.717) is 13.0 Å². The molecule has 0 saturated carbocycles. The van der Waals surface area contributed by atoms with Crippen molar-refractivity contribution < 1.29 is 19.6 Å². The lowest BCUT2D eigenvalue weighted by molar-refractivity contribution is -0.389. The lowest BCUT2D eigenvalue weighted by Gasteiger charge is -2.13. The monoisotopic (exact) mass is 298 g/mol. The summed E-state index contributed by atoms with van der Waals surface area (Å²) in [6.45, 7) is 2.46. The first kappa shape index (κ1) is 16.6. The minimum Gasteiger partial charge on any atom is -0.481 e. The fraction of sp³-hybridized carbons (Fsp3) is 0.583. The molecular formula is C12H18N4O5. The number of nitrogens with one attached hydrogen (secondary N) is 1. The van der Waals surface area contributed by atoms with E-state index in [-0.39, 0.29) is 37.0 Å². The van der Waals surface area contributed by atoms with E-state index in [2.05, 4.69) is 10.3 Å². The highest BCUT2D eigenvalue weighted by molar-refractivity contribution is 5.75. The number of rotatable bonds is 9. The third kappa shape index (κ3) is 6.02. The number of aliphatic carboxylic acids is 1. The summed E-state index contributed by atoms with van der Waals surface area (Å²) in [6, 6.07) is 0. The van der Waals surface area contributed by atoms with Crippen LogP contribution in [0, 0.1) is 16.0 Å². The highest BCUT2D eigenvalue weighted by Gasteiger charge is 2.13. The Bertz CT molecular complexity index is 514. The average molecular weight is 298 g/mol. The number of carboxylic acids is 1. The van der Waals surface area contributed by atoms with E-state index in [9.17, 15) is 19.7 Å². The quantitative estimate of drug-likeness (QED) is 0.512. The van der Waals surface area contributed by atoms with Gasteiger partial charge in [0.05, 0.1) is 0 Å². The van der Waals surface area contributed by atoms with Crippen molar-refractivity contribution in [3.8, 4) is 0 Å². The van der Waals surface area contributed by atoms with Crippen LogP contribution in [0.5, 0.6) is 0 Å². The van der Waals surface area contributed by atoms with Crippen LogP contribution in [-0.4, -0.2) is 38.0 Å². The van der Waals surface area contributed by atoms with Crippen LogP contribution in [0.1, 0.15) is 26.2 Å². The van der Waals surface area contributed by atoms with Crippen LogP contribution in [0.2, 0.25) is 0 Å². The van der Waals surface area contributed by atoms with Gasteiger partial charge in [-0.25, -0.2) is 0 Å². The van der Waals surface area contributed by atoms with Crippen molar-refractivity contribution in [1.82, 2.24) is 14.9 Å². The van der Waals surface area contributed by atoms with Gasteiger partial charge in [-0.3, -0.25) is 9.59 Å². The molecule has 0 radical (unpaired) electrons. The second-order valence-electron chi connectivity index (χ2n) is 4.65. The topological polar surface area (TPSA) is 127 Å². The number of carbonyl (C=O) groups is 2. The Hall–Kier alpha value is -2.45. The molecule has 9 heteroatoms. The Kier molecular flexibility index (Phi) is 6.31. The zero-order valence-electron chi connectivity index (χ0n) is 11.7. The standard InChI is InChI=1S/C12H18N4O5/c1-2-9(5-12(18)19)6-13-11(17)3-4-15-7-10(14-8-15)16(20)21/h7-9H,2-6H2,1H3,(H,13,17)(H,18,19). The summed E-state index contributed by atoms with van der Waals surface area (Å²) < 4.78 is 1.46. The highest BCUT2D eigenvalue weighted by Crippen LogP contribution is 2.08. The highest BCUT2D eigenvalue weighted by atomic mass is 16.6. The smallest absolute Gasteiger partial charge is 0.381 e. The van der Waals surface area contributed by atoms with E-state index in [1.165, 1.54) is 17.1 Å². The van der Waals surface area contributed by atoms with Crippen molar-refractivity contribution in [3.63, 3.8) is 0 Å². The molecule has 1 aromatic heterocycles. The lowest BCUT2D eigenvalue weighted by atomic mass is 10.0. The summed E-state index contributed by atoms with van der Waals surface area (Å²) in [5, 5.41) is 21.8. The molecule has 1 unspecified atom stereocenters.